The Morgan fingerprint density at radius 2 is 1.85 bits per heavy atom. The standard InChI is InChI=1S/C25H26N6O3/c1-16-7-9-18(10-8-16)25(33)30-13-11-17(12-14-30)22-26-23-21(24(32)27-22)28-29-31(23)15-19-5-3-4-6-20(19)34-2/h3-10,17H,11-15H2,1-2H3,(H,26,27,32). The van der Waals surface area contributed by atoms with Gasteiger partial charge in [0.1, 0.15) is 11.6 Å². The number of ether oxygens (including phenoxy) is 1. The fraction of sp³-hybridized carbons (Fsp3) is 0.320. The molecule has 1 saturated heterocycles. The van der Waals surface area contributed by atoms with Gasteiger partial charge >= 0.3 is 0 Å². The van der Waals surface area contributed by atoms with Gasteiger partial charge in [0.25, 0.3) is 11.5 Å². The number of H-pyrrole nitrogens is 1. The number of carbonyl (C=O) groups is 1. The van der Waals surface area contributed by atoms with Crippen LogP contribution in [0.3, 0.4) is 0 Å². The molecule has 2 aromatic carbocycles. The van der Waals surface area contributed by atoms with E-state index < -0.39 is 0 Å². The molecule has 1 amide bonds. The second-order valence-electron chi connectivity index (χ2n) is 8.61. The van der Waals surface area contributed by atoms with Crippen molar-refractivity contribution in [3.8, 4) is 5.75 Å². The predicted octanol–water partition coefficient (Wildman–Crippen LogP) is 2.90. The normalized spacial score (nSPS) is 14.5. The van der Waals surface area contributed by atoms with E-state index in [1.165, 1.54) is 0 Å². The maximum Gasteiger partial charge on any atom is 0.281 e. The SMILES string of the molecule is COc1ccccc1Cn1nnc2c(=O)[nH]c(C3CCN(C(=O)c4ccc(C)cc4)CC3)nc21. The summed E-state index contributed by atoms with van der Waals surface area (Å²) >= 11 is 0. The van der Waals surface area contributed by atoms with Crippen LogP contribution in [-0.2, 0) is 6.54 Å². The number of nitrogens with one attached hydrogen (secondary N) is 1. The van der Waals surface area contributed by atoms with E-state index in [4.69, 9.17) is 9.72 Å². The summed E-state index contributed by atoms with van der Waals surface area (Å²) in [5.74, 6) is 1.44. The van der Waals surface area contributed by atoms with E-state index in [0.29, 0.717) is 36.7 Å². The van der Waals surface area contributed by atoms with Gasteiger partial charge in [0.2, 0.25) is 0 Å². The Hall–Kier alpha value is -4.01. The van der Waals surface area contributed by atoms with Crippen LogP contribution >= 0.6 is 0 Å². The van der Waals surface area contributed by atoms with Crippen molar-refractivity contribution in [1.29, 1.82) is 0 Å². The minimum Gasteiger partial charge on any atom is -0.496 e. The molecule has 1 N–H and O–H groups in total. The number of amides is 1. The maximum atomic E-state index is 12.8. The third kappa shape index (κ3) is 4.16. The zero-order valence-electron chi connectivity index (χ0n) is 19.2. The van der Waals surface area contributed by atoms with Crippen molar-refractivity contribution < 1.29 is 9.53 Å². The number of carbonyl (C=O) groups excluding carboxylic acids is 1. The molecule has 1 aliphatic heterocycles. The van der Waals surface area contributed by atoms with Crippen LogP contribution in [-0.4, -0.2) is 56.0 Å². The number of likely N-dealkylation sites (tertiary alicyclic amines) is 1. The molecule has 0 radical (unpaired) electrons. The molecule has 0 atom stereocenters. The molecule has 0 unspecified atom stereocenters. The summed E-state index contributed by atoms with van der Waals surface area (Å²) in [4.78, 5) is 35.1. The fourth-order valence-electron chi connectivity index (χ4n) is 4.41. The van der Waals surface area contributed by atoms with E-state index in [1.807, 2.05) is 60.4 Å². The van der Waals surface area contributed by atoms with E-state index >= 15 is 0 Å². The van der Waals surface area contributed by atoms with Crippen LogP contribution in [0.25, 0.3) is 11.2 Å². The van der Waals surface area contributed by atoms with Gasteiger partial charge in [0.05, 0.1) is 13.7 Å². The lowest BCUT2D eigenvalue weighted by molar-refractivity contribution is 0.0711. The van der Waals surface area contributed by atoms with Crippen LogP contribution < -0.4 is 10.3 Å². The summed E-state index contributed by atoms with van der Waals surface area (Å²) in [5.41, 5.74) is 3.10. The first kappa shape index (κ1) is 21.8. The summed E-state index contributed by atoms with van der Waals surface area (Å²) in [5, 5.41) is 8.21. The van der Waals surface area contributed by atoms with Gasteiger partial charge in [0, 0.05) is 30.1 Å². The Morgan fingerprint density at radius 1 is 1.12 bits per heavy atom. The average molecular weight is 459 g/mol. The Kier molecular flexibility index (Phi) is 5.83. The Balaban J connectivity index is 1.35. The Labute approximate surface area is 196 Å². The van der Waals surface area contributed by atoms with Crippen molar-refractivity contribution >= 4 is 17.1 Å². The van der Waals surface area contributed by atoms with Crippen molar-refractivity contribution in [2.24, 2.45) is 0 Å². The molecule has 174 valence electrons. The summed E-state index contributed by atoms with van der Waals surface area (Å²) < 4.78 is 7.06. The van der Waals surface area contributed by atoms with Crippen molar-refractivity contribution in [2.75, 3.05) is 20.2 Å². The van der Waals surface area contributed by atoms with Crippen molar-refractivity contribution in [3.63, 3.8) is 0 Å². The third-order valence-electron chi connectivity index (χ3n) is 6.37. The summed E-state index contributed by atoms with van der Waals surface area (Å²) in [6.45, 7) is 3.61. The van der Waals surface area contributed by atoms with E-state index in [0.717, 1.165) is 29.7 Å². The third-order valence-corrected chi connectivity index (χ3v) is 6.37. The van der Waals surface area contributed by atoms with E-state index in [1.54, 1.807) is 11.8 Å². The molecule has 5 rings (SSSR count). The second kappa shape index (κ2) is 9.09. The Bertz CT molecular complexity index is 1380. The number of fused-ring (bicyclic) bond motifs is 1. The molecule has 34 heavy (non-hydrogen) atoms. The predicted molar refractivity (Wildman–Crippen MR) is 127 cm³/mol. The topological polar surface area (TPSA) is 106 Å². The molecule has 9 nitrogen and oxygen atoms in total. The highest BCUT2D eigenvalue weighted by Crippen LogP contribution is 2.27. The van der Waals surface area contributed by atoms with Crippen LogP contribution in [0.1, 0.15) is 46.1 Å². The lowest BCUT2D eigenvalue weighted by atomic mass is 9.95. The number of hydrogen-bond donors (Lipinski definition) is 1. The highest BCUT2D eigenvalue weighted by molar-refractivity contribution is 5.94. The zero-order valence-corrected chi connectivity index (χ0v) is 19.2. The molecule has 1 fully saturated rings. The molecule has 0 bridgehead atoms. The molecule has 0 saturated carbocycles. The number of aryl methyl sites for hydroxylation is 1. The van der Waals surface area contributed by atoms with Gasteiger partial charge in [-0.25, -0.2) is 9.67 Å². The average Bonchev–Trinajstić information content (AvgIpc) is 3.27. The number of para-hydroxylation sites is 1. The van der Waals surface area contributed by atoms with Crippen molar-refractivity contribution in [1.82, 2.24) is 29.9 Å². The number of hydrogen-bond acceptors (Lipinski definition) is 6. The minimum absolute atomic E-state index is 0.0365. The molecule has 2 aromatic heterocycles. The Morgan fingerprint density at radius 3 is 2.59 bits per heavy atom. The fourth-order valence-corrected chi connectivity index (χ4v) is 4.41. The van der Waals surface area contributed by atoms with Gasteiger partial charge in [-0.3, -0.25) is 9.59 Å². The summed E-state index contributed by atoms with van der Waals surface area (Å²) in [6.07, 6.45) is 1.44. The number of rotatable bonds is 5. The van der Waals surface area contributed by atoms with Crippen LogP contribution in [0.4, 0.5) is 0 Å². The number of aromatic nitrogens is 5. The number of methoxy groups -OCH3 is 1. The number of aromatic amines is 1. The molecule has 0 aliphatic carbocycles. The molecule has 4 aromatic rings. The van der Waals surface area contributed by atoms with E-state index in [9.17, 15) is 9.59 Å². The van der Waals surface area contributed by atoms with Crippen LogP contribution in [0.5, 0.6) is 5.75 Å². The molecule has 0 spiro atoms. The molecule has 9 heteroatoms. The first-order valence-electron chi connectivity index (χ1n) is 11.3. The highest BCUT2D eigenvalue weighted by atomic mass is 16.5. The molecule has 3 heterocycles. The smallest absolute Gasteiger partial charge is 0.281 e. The van der Waals surface area contributed by atoms with Crippen LogP contribution in [0, 0.1) is 6.92 Å². The first-order valence-corrected chi connectivity index (χ1v) is 11.3. The maximum absolute atomic E-state index is 12.8. The van der Waals surface area contributed by atoms with Gasteiger partial charge in [0.15, 0.2) is 11.2 Å². The largest absolute Gasteiger partial charge is 0.496 e. The lowest BCUT2D eigenvalue weighted by Crippen LogP contribution is -2.38. The zero-order chi connectivity index (χ0) is 23.7. The van der Waals surface area contributed by atoms with Gasteiger partial charge in [-0.2, -0.15) is 0 Å². The van der Waals surface area contributed by atoms with Crippen LogP contribution in [0.15, 0.2) is 53.3 Å². The van der Waals surface area contributed by atoms with E-state index in [-0.39, 0.29) is 22.9 Å². The molecular formula is C25H26N6O3. The van der Waals surface area contributed by atoms with Gasteiger partial charge < -0.3 is 14.6 Å². The first-order chi connectivity index (χ1) is 16.5. The van der Waals surface area contributed by atoms with Gasteiger partial charge in [-0.15, -0.1) is 5.10 Å². The minimum atomic E-state index is -0.301. The molecular weight excluding hydrogens is 432 g/mol. The summed E-state index contributed by atoms with van der Waals surface area (Å²) in [6, 6.07) is 15.3. The van der Waals surface area contributed by atoms with Crippen LogP contribution in [0.2, 0.25) is 0 Å². The van der Waals surface area contributed by atoms with Crippen molar-refractivity contribution in [2.45, 2.75) is 32.2 Å². The summed E-state index contributed by atoms with van der Waals surface area (Å²) in [7, 11) is 1.62. The van der Waals surface area contributed by atoms with Gasteiger partial charge in [-0.05, 0) is 38.0 Å². The lowest BCUT2D eigenvalue weighted by Gasteiger charge is -2.31. The number of benzene rings is 2. The number of nitrogens with zero attached hydrogens (tertiary/aromatic N) is 5. The quantitative estimate of drug-likeness (QED) is 0.493. The van der Waals surface area contributed by atoms with E-state index in [2.05, 4.69) is 15.3 Å². The molecule has 1 aliphatic rings. The van der Waals surface area contributed by atoms with Crippen molar-refractivity contribution in [3.05, 3.63) is 81.4 Å². The number of piperidine rings is 1. The second-order valence-corrected chi connectivity index (χ2v) is 8.61. The van der Waals surface area contributed by atoms with Gasteiger partial charge in [-0.1, -0.05) is 41.1 Å². The monoisotopic (exact) mass is 458 g/mol. The highest BCUT2D eigenvalue weighted by Gasteiger charge is 2.27.